The number of allylic oxidation sites excluding steroid dienone is 4. The van der Waals surface area contributed by atoms with Crippen LogP contribution in [-0.4, -0.2) is 0 Å². The SMILES string of the molecule is C/C=C\C(C)/C=C\CCC.CC.CC.CC. The van der Waals surface area contributed by atoms with Gasteiger partial charge in [0.05, 0.1) is 0 Å². The Morgan fingerprint density at radius 1 is 0.875 bits per heavy atom. The zero-order chi connectivity index (χ0) is 13.8. The quantitative estimate of drug-likeness (QED) is 0.473. The minimum Gasteiger partial charge on any atom is -0.0911 e. The Bertz CT molecular complexity index is 109. The summed E-state index contributed by atoms with van der Waals surface area (Å²) in [5.74, 6) is 0.608. The van der Waals surface area contributed by atoms with Crippen LogP contribution in [0.1, 0.15) is 75.2 Å². The number of hydrogen-bond acceptors (Lipinski definition) is 0. The molecule has 0 aliphatic carbocycles. The van der Waals surface area contributed by atoms with E-state index in [4.69, 9.17) is 0 Å². The van der Waals surface area contributed by atoms with E-state index in [0.717, 1.165) is 0 Å². The summed E-state index contributed by atoms with van der Waals surface area (Å²) in [7, 11) is 0. The van der Waals surface area contributed by atoms with Gasteiger partial charge in [-0.15, -0.1) is 0 Å². The highest BCUT2D eigenvalue weighted by molar-refractivity contribution is 4.97. The second kappa shape index (κ2) is 36.6. The van der Waals surface area contributed by atoms with E-state index in [1.807, 2.05) is 41.5 Å². The molecule has 1 unspecified atom stereocenters. The molecule has 0 saturated carbocycles. The van der Waals surface area contributed by atoms with Crippen LogP contribution in [0, 0.1) is 5.92 Å². The Hall–Kier alpha value is -0.520. The van der Waals surface area contributed by atoms with Gasteiger partial charge in [0.15, 0.2) is 0 Å². The first kappa shape index (κ1) is 24.6. The van der Waals surface area contributed by atoms with Crippen LogP contribution in [0.5, 0.6) is 0 Å². The van der Waals surface area contributed by atoms with Crippen LogP contribution in [0.3, 0.4) is 0 Å². The van der Waals surface area contributed by atoms with Crippen molar-refractivity contribution in [1.82, 2.24) is 0 Å². The van der Waals surface area contributed by atoms with Crippen molar-refractivity contribution < 1.29 is 0 Å². The third-order valence-electron chi connectivity index (χ3n) is 1.39. The maximum atomic E-state index is 2.25. The van der Waals surface area contributed by atoms with Gasteiger partial charge in [0.25, 0.3) is 0 Å². The van der Waals surface area contributed by atoms with Crippen LogP contribution in [-0.2, 0) is 0 Å². The first-order valence-electron chi connectivity index (χ1n) is 7.10. The van der Waals surface area contributed by atoms with Crippen LogP contribution < -0.4 is 0 Å². The van der Waals surface area contributed by atoms with Crippen LogP contribution >= 0.6 is 0 Å². The minimum absolute atomic E-state index is 0.608. The molecule has 0 aromatic rings. The van der Waals surface area contributed by atoms with Crippen molar-refractivity contribution in [1.29, 1.82) is 0 Å². The van der Waals surface area contributed by atoms with Crippen LogP contribution in [0.2, 0.25) is 0 Å². The fraction of sp³-hybridized carbons (Fsp3) is 0.750. The van der Waals surface area contributed by atoms with Gasteiger partial charge in [-0.05, 0) is 19.3 Å². The van der Waals surface area contributed by atoms with Crippen molar-refractivity contribution in [2.24, 2.45) is 5.92 Å². The molecule has 0 spiro atoms. The topological polar surface area (TPSA) is 0 Å². The third kappa shape index (κ3) is 37.5. The number of hydrogen-bond donors (Lipinski definition) is 0. The Kier molecular flexibility index (Phi) is 56.3. The van der Waals surface area contributed by atoms with E-state index in [-0.39, 0.29) is 0 Å². The van der Waals surface area contributed by atoms with Crippen LogP contribution in [0.4, 0.5) is 0 Å². The lowest BCUT2D eigenvalue weighted by Gasteiger charge is -1.94. The molecular formula is C16H36. The van der Waals surface area contributed by atoms with Crippen molar-refractivity contribution >= 4 is 0 Å². The van der Waals surface area contributed by atoms with Crippen LogP contribution in [0.25, 0.3) is 0 Å². The molecular weight excluding hydrogens is 192 g/mol. The molecule has 0 heteroatoms. The molecule has 0 saturated heterocycles. The summed E-state index contributed by atoms with van der Waals surface area (Å²) in [5, 5.41) is 0. The molecule has 0 aliphatic heterocycles. The van der Waals surface area contributed by atoms with E-state index < -0.39 is 0 Å². The normalized spacial score (nSPS) is 10.6. The summed E-state index contributed by atoms with van der Waals surface area (Å²) in [6, 6.07) is 0. The minimum atomic E-state index is 0.608. The molecule has 100 valence electrons. The Morgan fingerprint density at radius 3 is 1.62 bits per heavy atom. The molecule has 16 heavy (non-hydrogen) atoms. The second-order valence-corrected chi connectivity index (χ2v) is 2.60. The second-order valence-electron chi connectivity index (χ2n) is 2.60. The third-order valence-corrected chi connectivity index (χ3v) is 1.39. The molecule has 0 nitrogen and oxygen atoms in total. The summed E-state index contributed by atoms with van der Waals surface area (Å²) >= 11 is 0. The predicted molar refractivity (Wildman–Crippen MR) is 82.1 cm³/mol. The first-order chi connectivity index (χ1) is 7.81. The van der Waals surface area contributed by atoms with Gasteiger partial charge in [-0.25, -0.2) is 0 Å². The molecule has 0 radical (unpaired) electrons. The Balaban J connectivity index is -0.000000103. The van der Waals surface area contributed by atoms with E-state index in [0.29, 0.717) is 5.92 Å². The molecule has 0 bridgehead atoms. The molecule has 0 amide bonds. The van der Waals surface area contributed by atoms with Crippen molar-refractivity contribution in [2.45, 2.75) is 75.2 Å². The lowest BCUT2D eigenvalue weighted by atomic mass is 10.1. The highest BCUT2D eigenvalue weighted by atomic mass is 13.9. The average Bonchev–Trinajstić information content (AvgIpc) is 2.37. The molecule has 0 aromatic heterocycles. The fourth-order valence-electron chi connectivity index (χ4n) is 0.845. The van der Waals surface area contributed by atoms with E-state index in [2.05, 4.69) is 45.1 Å². The summed E-state index contributed by atoms with van der Waals surface area (Å²) in [5.41, 5.74) is 0. The summed E-state index contributed by atoms with van der Waals surface area (Å²) in [6.07, 6.45) is 11.3. The van der Waals surface area contributed by atoms with Gasteiger partial charge in [-0.1, -0.05) is 86.1 Å². The maximum Gasteiger partial charge on any atom is -0.00820 e. The van der Waals surface area contributed by atoms with Gasteiger partial charge in [0.1, 0.15) is 0 Å². The van der Waals surface area contributed by atoms with Crippen LogP contribution in [0.15, 0.2) is 24.3 Å². The van der Waals surface area contributed by atoms with Crippen molar-refractivity contribution in [3.8, 4) is 0 Å². The fourth-order valence-corrected chi connectivity index (χ4v) is 0.845. The molecule has 0 rings (SSSR count). The van der Waals surface area contributed by atoms with Gasteiger partial charge in [0, 0.05) is 0 Å². The van der Waals surface area contributed by atoms with Gasteiger partial charge in [-0.3, -0.25) is 0 Å². The molecule has 0 fully saturated rings. The predicted octanol–water partition coefficient (Wildman–Crippen LogP) is 6.63. The maximum absolute atomic E-state index is 2.25. The van der Waals surface area contributed by atoms with Gasteiger partial charge >= 0.3 is 0 Å². The summed E-state index contributed by atoms with van der Waals surface area (Å²) in [4.78, 5) is 0. The number of unbranched alkanes of at least 4 members (excludes halogenated alkanes) is 1. The summed E-state index contributed by atoms with van der Waals surface area (Å²) in [6.45, 7) is 18.5. The zero-order valence-electron chi connectivity index (χ0n) is 13.3. The number of rotatable bonds is 4. The van der Waals surface area contributed by atoms with E-state index >= 15 is 0 Å². The van der Waals surface area contributed by atoms with Gasteiger partial charge in [0.2, 0.25) is 0 Å². The zero-order valence-corrected chi connectivity index (χ0v) is 13.3. The molecule has 1 atom stereocenters. The van der Waals surface area contributed by atoms with Crippen molar-refractivity contribution in [3.05, 3.63) is 24.3 Å². The first-order valence-corrected chi connectivity index (χ1v) is 7.10. The van der Waals surface area contributed by atoms with Crippen molar-refractivity contribution in [2.75, 3.05) is 0 Å². The standard InChI is InChI=1S/C10H18.3C2H6/c1-4-6-7-9-10(3)8-5-2;3*1-2/h5,7-10H,4,6H2,1-3H3;3*1-2H3/b8-5-,9-7-;;;. The average molecular weight is 228 g/mol. The Labute approximate surface area is 106 Å². The molecule has 0 heterocycles. The Morgan fingerprint density at radius 2 is 1.31 bits per heavy atom. The molecule has 0 N–H and O–H groups in total. The largest absolute Gasteiger partial charge is 0.0911 e. The van der Waals surface area contributed by atoms with Crippen molar-refractivity contribution in [3.63, 3.8) is 0 Å². The van der Waals surface area contributed by atoms with Gasteiger partial charge < -0.3 is 0 Å². The highest BCUT2D eigenvalue weighted by Gasteiger charge is 1.85. The van der Waals surface area contributed by atoms with E-state index in [9.17, 15) is 0 Å². The van der Waals surface area contributed by atoms with Gasteiger partial charge in [-0.2, -0.15) is 0 Å². The van der Waals surface area contributed by atoms with E-state index in [1.165, 1.54) is 12.8 Å². The highest BCUT2D eigenvalue weighted by Crippen LogP contribution is 2.00. The summed E-state index contributed by atoms with van der Waals surface area (Å²) < 4.78 is 0. The smallest absolute Gasteiger partial charge is 0.00820 e. The molecule has 0 aromatic carbocycles. The lowest BCUT2D eigenvalue weighted by molar-refractivity contribution is 0.901. The van der Waals surface area contributed by atoms with E-state index in [1.54, 1.807) is 0 Å². The lowest BCUT2D eigenvalue weighted by Crippen LogP contribution is -1.80. The molecule has 0 aliphatic rings. The monoisotopic (exact) mass is 228 g/mol.